The number of rotatable bonds is 11. The Morgan fingerprint density at radius 3 is 1.70 bits per heavy atom. The lowest BCUT2D eigenvalue weighted by molar-refractivity contribution is 0.0372. The first-order valence-electron chi connectivity index (χ1n) is 13.8. The molecule has 0 spiro atoms. The van der Waals surface area contributed by atoms with Gasteiger partial charge in [0.15, 0.2) is 23.0 Å². The molecule has 3 aromatic rings. The highest BCUT2D eigenvalue weighted by Crippen LogP contribution is 2.40. The van der Waals surface area contributed by atoms with Crippen LogP contribution in [0.4, 0.5) is 0 Å². The van der Waals surface area contributed by atoms with Gasteiger partial charge in [0, 0.05) is 30.8 Å². The Bertz CT molecular complexity index is 1470. The van der Waals surface area contributed by atoms with Crippen LogP contribution in [0.3, 0.4) is 0 Å². The number of hydrogen-bond donors (Lipinski definition) is 0. The molecule has 1 fully saturated rings. The van der Waals surface area contributed by atoms with Crippen LogP contribution in [0, 0.1) is 0 Å². The van der Waals surface area contributed by atoms with Crippen molar-refractivity contribution in [1.29, 1.82) is 0 Å². The molecule has 1 aliphatic rings. The Balaban J connectivity index is 1.67. The summed E-state index contributed by atoms with van der Waals surface area (Å²) >= 11 is 12.8. The Morgan fingerprint density at radius 2 is 1.23 bits per heavy atom. The molecule has 0 N–H and O–H groups in total. The van der Waals surface area contributed by atoms with Crippen LogP contribution in [0.5, 0.6) is 34.5 Å². The highest BCUT2D eigenvalue weighted by atomic mass is 35.5. The smallest absolute Gasteiger partial charge is 0.254 e. The Kier molecular flexibility index (Phi) is 10.9. The van der Waals surface area contributed by atoms with Gasteiger partial charge in [-0.2, -0.15) is 0 Å². The van der Waals surface area contributed by atoms with Crippen LogP contribution in [-0.2, 0) is 6.42 Å². The fourth-order valence-electron chi connectivity index (χ4n) is 5.38. The summed E-state index contributed by atoms with van der Waals surface area (Å²) in [5.41, 5.74) is 1.60. The molecule has 2 amide bonds. The first kappa shape index (κ1) is 32.9. The third kappa shape index (κ3) is 6.71. The maximum Gasteiger partial charge on any atom is 0.254 e. The number of amides is 2. The van der Waals surface area contributed by atoms with E-state index in [-0.39, 0.29) is 24.4 Å². The minimum absolute atomic E-state index is 0.227. The maximum absolute atomic E-state index is 14.0. The predicted octanol–water partition coefficient (Wildman–Crippen LogP) is 5.64. The summed E-state index contributed by atoms with van der Waals surface area (Å²) in [4.78, 5) is 31.4. The lowest BCUT2D eigenvalue weighted by Gasteiger charge is -2.42. The lowest BCUT2D eigenvalue weighted by atomic mass is 9.99. The molecule has 44 heavy (non-hydrogen) atoms. The van der Waals surface area contributed by atoms with Gasteiger partial charge in [0.25, 0.3) is 11.8 Å². The van der Waals surface area contributed by atoms with Crippen LogP contribution in [0.15, 0.2) is 42.5 Å². The van der Waals surface area contributed by atoms with Crippen LogP contribution in [0.25, 0.3) is 0 Å². The molecule has 0 saturated carbocycles. The number of carbonyl (C=O) groups is 2. The van der Waals surface area contributed by atoms with Gasteiger partial charge in [0.1, 0.15) is 0 Å². The molecule has 3 aromatic carbocycles. The normalized spacial score (nSPS) is 14.6. The van der Waals surface area contributed by atoms with Crippen molar-refractivity contribution in [2.24, 2.45) is 0 Å². The summed E-state index contributed by atoms with van der Waals surface area (Å²) < 4.78 is 32.7. The summed E-state index contributed by atoms with van der Waals surface area (Å²) in [6.45, 7) is 0.878. The Morgan fingerprint density at radius 1 is 0.727 bits per heavy atom. The van der Waals surface area contributed by atoms with Gasteiger partial charge in [0.05, 0.1) is 58.7 Å². The average molecular weight is 648 g/mol. The molecule has 0 bridgehead atoms. The van der Waals surface area contributed by atoms with Crippen molar-refractivity contribution in [2.75, 3.05) is 62.3 Å². The third-order valence-electron chi connectivity index (χ3n) is 7.63. The van der Waals surface area contributed by atoms with E-state index >= 15 is 0 Å². The number of piperazine rings is 1. The first-order chi connectivity index (χ1) is 21.2. The van der Waals surface area contributed by atoms with E-state index in [4.69, 9.17) is 51.6 Å². The first-order valence-corrected chi connectivity index (χ1v) is 14.6. The van der Waals surface area contributed by atoms with Gasteiger partial charge >= 0.3 is 0 Å². The van der Waals surface area contributed by atoms with Crippen LogP contribution in [-0.4, -0.2) is 89.9 Å². The standard InChI is InChI=1S/C32H36Cl2N2O8/c1-39-24-14-20(15-25(40-2)29(24)43-5)31(37)35-12-13-36(22(18-35)11-10-19-8-7-9-23(33)28(19)34)32(38)21-16-26(41-3)30(44-6)27(17-21)42-4/h7-9,14-17,22H,10-13,18H2,1-6H3. The van der Waals surface area contributed by atoms with Crippen LogP contribution in [0.2, 0.25) is 10.0 Å². The minimum Gasteiger partial charge on any atom is -0.493 e. The molecule has 1 unspecified atom stereocenters. The quantitative estimate of drug-likeness (QED) is 0.264. The van der Waals surface area contributed by atoms with Gasteiger partial charge in [0.2, 0.25) is 11.5 Å². The average Bonchev–Trinajstić information content (AvgIpc) is 3.06. The highest BCUT2D eigenvalue weighted by Gasteiger charge is 2.34. The SMILES string of the molecule is COc1cc(C(=O)N2CCN(C(=O)c3cc(OC)c(OC)c(OC)c3)C(CCc3cccc(Cl)c3Cl)C2)cc(OC)c1OC. The summed E-state index contributed by atoms with van der Waals surface area (Å²) in [5, 5.41) is 0.926. The molecule has 0 aliphatic carbocycles. The monoisotopic (exact) mass is 646 g/mol. The summed E-state index contributed by atoms with van der Waals surface area (Å²) in [7, 11) is 8.99. The Labute approximate surface area is 267 Å². The van der Waals surface area contributed by atoms with Gasteiger partial charge in [-0.05, 0) is 48.7 Å². The van der Waals surface area contributed by atoms with Crippen molar-refractivity contribution in [3.8, 4) is 34.5 Å². The summed E-state index contributed by atoms with van der Waals surface area (Å²) in [6, 6.07) is 11.6. The molecule has 1 heterocycles. The van der Waals surface area contributed by atoms with Gasteiger partial charge < -0.3 is 38.2 Å². The number of methoxy groups -OCH3 is 6. The number of hydrogen-bond acceptors (Lipinski definition) is 8. The van der Waals surface area contributed by atoms with E-state index in [1.165, 1.54) is 42.7 Å². The zero-order chi connectivity index (χ0) is 32.0. The molecule has 1 saturated heterocycles. The number of halogens is 2. The predicted molar refractivity (Wildman–Crippen MR) is 168 cm³/mol. The fourth-order valence-corrected chi connectivity index (χ4v) is 5.79. The molecule has 1 aliphatic heterocycles. The van der Waals surface area contributed by atoms with Crippen molar-refractivity contribution >= 4 is 35.0 Å². The molecule has 1 atom stereocenters. The van der Waals surface area contributed by atoms with E-state index in [0.717, 1.165) is 5.56 Å². The second-order valence-electron chi connectivity index (χ2n) is 9.98. The highest BCUT2D eigenvalue weighted by molar-refractivity contribution is 6.42. The van der Waals surface area contributed by atoms with Gasteiger partial charge in [-0.3, -0.25) is 9.59 Å². The molecular formula is C32H36Cl2N2O8. The van der Waals surface area contributed by atoms with E-state index in [1.807, 2.05) is 12.1 Å². The van der Waals surface area contributed by atoms with E-state index in [2.05, 4.69) is 0 Å². The second-order valence-corrected chi connectivity index (χ2v) is 10.8. The van der Waals surface area contributed by atoms with E-state index in [1.54, 1.807) is 40.1 Å². The molecule has 0 radical (unpaired) electrons. The topological polar surface area (TPSA) is 96.0 Å². The number of aryl methyl sites for hydroxylation is 1. The number of ether oxygens (including phenoxy) is 6. The Hall–Kier alpha value is -4.02. The van der Waals surface area contributed by atoms with E-state index < -0.39 is 0 Å². The minimum atomic E-state index is -0.351. The summed E-state index contributed by atoms with van der Waals surface area (Å²) in [6.07, 6.45) is 1.06. The number of benzene rings is 3. The molecule has 0 aromatic heterocycles. The van der Waals surface area contributed by atoms with Gasteiger partial charge in [-0.25, -0.2) is 0 Å². The van der Waals surface area contributed by atoms with E-state index in [0.29, 0.717) is 81.6 Å². The van der Waals surface area contributed by atoms with Crippen LogP contribution < -0.4 is 28.4 Å². The fraction of sp³-hybridized carbons (Fsp3) is 0.375. The molecule has 4 rings (SSSR count). The van der Waals surface area contributed by atoms with Crippen LogP contribution >= 0.6 is 23.2 Å². The third-order valence-corrected chi connectivity index (χ3v) is 8.49. The molecular weight excluding hydrogens is 611 g/mol. The van der Waals surface area contributed by atoms with E-state index in [9.17, 15) is 9.59 Å². The zero-order valence-corrected chi connectivity index (χ0v) is 27.1. The van der Waals surface area contributed by atoms with Crippen molar-refractivity contribution in [2.45, 2.75) is 18.9 Å². The zero-order valence-electron chi connectivity index (χ0n) is 25.6. The lowest BCUT2D eigenvalue weighted by Crippen LogP contribution is -2.56. The van der Waals surface area contributed by atoms with Crippen molar-refractivity contribution in [3.63, 3.8) is 0 Å². The van der Waals surface area contributed by atoms with Gasteiger partial charge in [-0.1, -0.05) is 35.3 Å². The summed E-state index contributed by atoms with van der Waals surface area (Å²) in [5.74, 6) is 1.81. The van der Waals surface area contributed by atoms with Crippen LogP contribution in [0.1, 0.15) is 32.7 Å². The van der Waals surface area contributed by atoms with Crippen molar-refractivity contribution in [3.05, 3.63) is 69.2 Å². The largest absolute Gasteiger partial charge is 0.493 e. The van der Waals surface area contributed by atoms with Crippen molar-refractivity contribution < 1.29 is 38.0 Å². The maximum atomic E-state index is 14.0. The van der Waals surface area contributed by atoms with Crippen molar-refractivity contribution in [1.82, 2.24) is 9.80 Å². The molecule has 236 valence electrons. The second kappa shape index (κ2) is 14.6. The number of carbonyl (C=O) groups excluding carboxylic acids is 2. The molecule has 10 nitrogen and oxygen atoms in total. The molecule has 12 heteroatoms. The number of nitrogens with zero attached hydrogens (tertiary/aromatic N) is 2. The van der Waals surface area contributed by atoms with Gasteiger partial charge in [-0.15, -0.1) is 0 Å².